The lowest BCUT2D eigenvalue weighted by atomic mass is 10.3. The van der Waals surface area contributed by atoms with Crippen LogP contribution in [0.1, 0.15) is 25.7 Å². The molecule has 0 radical (unpaired) electrons. The lowest BCUT2D eigenvalue weighted by molar-refractivity contribution is 0.517. The Morgan fingerprint density at radius 1 is 1.24 bits per heavy atom. The van der Waals surface area contributed by atoms with E-state index < -0.39 is 0 Å². The van der Waals surface area contributed by atoms with Crippen LogP contribution >= 0.6 is 46.4 Å². The summed E-state index contributed by atoms with van der Waals surface area (Å²) in [5.74, 6) is 0.688. The standard InChI is InChI=1S/C16H15IN6S2/c17-23(10-3-1-2-4-10)16(24)22-14-6-5-11-15(21-14)20-12(7-19-11)13-8-18-9-25-13/h5-10H,1-4H2,(H,20,21,22,24). The van der Waals surface area contributed by atoms with Crippen molar-refractivity contribution in [1.82, 2.24) is 23.0 Å². The topological polar surface area (TPSA) is 66.8 Å². The number of hydrogen-bond acceptors (Lipinski definition) is 6. The smallest absolute Gasteiger partial charge is 0.183 e. The number of pyridine rings is 1. The summed E-state index contributed by atoms with van der Waals surface area (Å²) in [4.78, 5) is 18.7. The van der Waals surface area contributed by atoms with Gasteiger partial charge in [0.1, 0.15) is 17.0 Å². The van der Waals surface area contributed by atoms with Gasteiger partial charge in [-0.2, -0.15) is 0 Å². The van der Waals surface area contributed by atoms with Gasteiger partial charge in [0.15, 0.2) is 10.8 Å². The summed E-state index contributed by atoms with van der Waals surface area (Å²) in [6, 6.07) is 4.30. The molecule has 0 saturated heterocycles. The van der Waals surface area contributed by atoms with E-state index in [1.807, 2.05) is 12.1 Å². The number of thiocarbonyl (C=S) groups is 1. The van der Waals surface area contributed by atoms with Crippen LogP contribution in [-0.4, -0.2) is 34.2 Å². The average Bonchev–Trinajstić information content (AvgIpc) is 3.34. The summed E-state index contributed by atoms with van der Waals surface area (Å²) in [5.41, 5.74) is 3.92. The van der Waals surface area contributed by atoms with E-state index in [1.165, 1.54) is 37.0 Å². The Labute approximate surface area is 168 Å². The van der Waals surface area contributed by atoms with Crippen LogP contribution in [0, 0.1) is 0 Å². The van der Waals surface area contributed by atoms with E-state index in [-0.39, 0.29) is 0 Å². The van der Waals surface area contributed by atoms with Crippen LogP contribution in [-0.2, 0) is 0 Å². The number of anilines is 1. The van der Waals surface area contributed by atoms with Crippen LogP contribution in [0.2, 0.25) is 0 Å². The average molecular weight is 482 g/mol. The Morgan fingerprint density at radius 3 is 2.84 bits per heavy atom. The number of thiazole rings is 1. The van der Waals surface area contributed by atoms with Crippen molar-refractivity contribution in [3.63, 3.8) is 0 Å². The highest BCUT2D eigenvalue weighted by Crippen LogP contribution is 2.27. The normalized spacial score (nSPS) is 14.8. The molecule has 0 unspecified atom stereocenters. The van der Waals surface area contributed by atoms with Gasteiger partial charge in [0.2, 0.25) is 0 Å². The fourth-order valence-corrected chi connectivity index (χ4v) is 4.40. The first-order valence-corrected chi connectivity index (χ1v) is 10.2. The summed E-state index contributed by atoms with van der Waals surface area (Å²) < 4.78 is 2.12. The lowest BCUT2D eigenvalue weighted by Crippen LogP contribution is -2.33. The number of fused-ring (bicyclic) bond motifs is 1. The SMILES string of the molecule is S=C(Nc1ccc2ncc(-c3cncs3)nc2n1)N(I)C1CCCC1. The molecule has 128 valence electrons. The van der Waals surface area contributed by atoms with E-state index in [2.05, 4.69) is 51.2 Å². The third-order valence-corrected chi connectivity index (χ3v) is 6.86. The van der Waals surface area contributed by atoms with Gasteiger partial charge >= 0.3 is 0 Å². The minimum Gasteiger partial charge on any atom is -0.317 e. The van der Waals surface area contributed by atoms with E-state index in [0.29, 0.717) is 22.6 Å². The highest BCUT2D eigenvalue weighted by Gasteiger charge is 2.23. The minimum atomic E-state index is 0.513. The molecule has 1 aliphatic carbocycles. The van der Waals surface area contributed by atoms with Gasteiger partial charge < -0.3 is 5.32 Å². The van der Waals surface area contributed by atoms with Crippen molar-refractivity contribution >= 4 is 68.5 Å². The first-order chi connectivity index (χ1) is 12.2. The zero-order valence-electron chi connectivity index (χ0n) is 13.2. The van der Waals surface area contributed by atoms with Gasteiger partial charge in [-0.15, -0.1) is 11.3 Å². The molecule has 1 N–H and O–H groups in total. The van der Waals surface area contributed by atoms with Gasteiger partial charge in [0, 0.05) is 12.2 Å². The van der Waals surface area contributed by atoms with Gasteiger partial charge in [0.25, 0.3) is 0 Å². The number of aromatic nitrogens is 4. The number of halogens is 1. The maximum absolute atomic E-state index is 5.53. The molecule has 3 aromatic rings. The molecule has 0 spiro atoms. The fraction of sp³-hybridized carbons (Fsp3) is 0.312. The molecule has 25 heavy (non-hydrogen) atoms. The number of hydrogen-bond donors (Lipinski definition) is 1. The van der Waals surface area contributed by atoms with Crippen molar-refractivity contribution < 1.29 is 0 Å². The van der Waals surface area contributed by atoms with Crippen molar-refractivity contribution in [1.29, 1.82) is 0 Å². The monoisotopic (exact) mass is 482 g/mol. The first kappa shape index (κ1) is 17.0. The molecule has 0 aromatic carbocycles. The van der Waals surface area contributed by atoms with Crippen LogP contribution in [0.4, 0.5) is 5.82 Å². The molecule has 0 atom stereocenters. The fourth-order valence-electron chi connectivity index (χ4n) is 2.89. The van der Waals surface area contributed by atoms with Gasteiger partial charge in [0.05, 0.1) is 39.4 Å². The largest absolute Gasteiger partial charge is 0.317 e. The summed E-state index contributed by atoms with van der Waals surface area (Å²) in [6.07, 6.45) is 8.47. The summed E-state index contributed by atoms with van der Waals surface area (Å²) >= 11 is 9.36. The molecule has 3 heterocycles. The Kier molecular flexibility index (Phi) is 5.04. The van der Waals surface area contributed by atoms with Crippen molar-refractivity contribution in [2.75, 3.05) is 5.32 Å². The number of nitrogens with one attached hydrogen (secondary N) is 1. The molecule has 0 amide bonds. The van der Waals surface area contributed by atoms with E-state index in [0.717, 1.165) is 16.1 Å². The molecule has 1 fully saturated rings. The zero-order valence-corrected chi connectivity index (χ0v) is 17.0. The predicted molar refractivity (Wildman–Crippen MR) is 113 cm³/mol. The first-order valence-electron chi connectivity index (χ1n) is 7.99. The zero-order chi connectivity index (χ0) is 17.2. The van der Waals surface area contributed by atoms with E-state index in [4.69, 9.17) is 12.2 Å². The molecular weight excluding hydrogens is 467 g/mol. The molecule has 1 saturated carbocycles. The molecule has 4 rings (SSSR count). The Hall–Kier alpha value is -1.46. The number of rotatable bonds is 3. The predicted octanol–water partition coefficient (Wildman–Crippen LogP) is 4.44. The summed E-state index contributed by atoms with van der Waals surface area (Å²) in [5, 5.41) is 3.91. The van der Waals surface area contributed by atoms with Crippen molar-refractivity contribution in [3.8, 4) is 10.6 Å². The van der Waals surface area contributed by atoms with Crippen molar-refractivity contribution in [3.05, 3.63) is 30.0 Å². The highest BCUT2D eigenvalue weighted by molar-refractivity contribution is 14.1. The highest BCUT2D eigenvalue weighted by atomic mass is 127. The maximum atomic E-state index is 5.53. The third kappa shape index (κ3) is 3.72. The van der Waals surface area contributed by atoms with Gasteiger partial charge in [-0.1, -0.05) is 12.8 Å². The summed E-state index contributed by atoms with van der Waals surface area (Å²) in [7, 11) is 0. The number of nitrogens with zero attached hydrogens (tertiary/aromatic N) is 5. The van der Waals surface area contributed by atoms with Crippen LogP contribution in [0.25, 0.3) is 21.7 Å². The Balaban J connectivity index is 1.56. The van der Waals surface area contributed by atoms with Crippen LogP contribution < -0.4 is 5.32 Å². The Morgan fingerprint density at radius 2 is 2.08 bits per heavy atom. The molecule has 9 heteroatoms. The quantitative estimate of drug-likeness (QED) is 0.336. The molecule has 1 aliphatic rings. The maximum Gasteiger partial charge on any atom is 0.183 e. The second-order valence-electron chi connectivity index (χ2n) is 5.84. The van der Waals surface area contributed by atoms with Gasteiger partial charge in [-0.25, -0.2) is 9.97 Å². The Bertz CT molecular complexity index is 895. The second kappa shape index (κ2) is 7.42. The molecule has 3 aromatic heterocycles. The van der Waals surface area contributed by atoms with Crippen molar-refractivity contribution in [2.24, 2.45) is 0 Å². The van der Waals surface area contributed by atoms with Gasteiger partial charge in [-0.3, -0.25) is 13.1 Å². The molecule has 0 aliphatic heterocycles. The molecule has 6 nitrogen and oxygen atoms in total. The minimum absolute atomic E-state index is 0.513. The third-order valence-electron chi connectivity index (χ3n) is 4.17. The van der Waals surface area contributed by atoms with Gasteiger partial charge in [-0.05, 0) is 37.2 Å². The molecule has 0 bridgehead atoms. The second-order valence-corrected chi connectivity index (χ2v) is 8.15. The summed E-state index contributed by atoms with van der Waals surface area (Å²) in [6.45, 7) is 0. The lowest BCUT2D eigenvalue weighted by Gasteiger charge is -2.24. The van der Waals surface area contributed by atoms with Crippen LogP contribution in [0.15, 0.2) is 30.0 Å². The van der Waals surface area contributed by atoms with Crippen molar-refractivity contribution in [2.45, 2.75) is 31.7 Å². The van der Waals surface area contributed by atoms with E-state index in [1.54, 1.807) is 17.9 Å². The van der Waals surface area contributed by atoms with Crippen LogP contribution in [0.3, 0.4) is 0 Å². The van der Waals surface area contributed by atoms with E-state index in [9.17, 15) is 0 Å². The van der Waals surface area contributed by atoms with Crippen LogP contribution in [0.5, 0.6) is 0 Å². The molecular formula is C16H15IN6S2. The van der Waals surface area contributed by atoms with E-state index >= 15 is 0 Å².